The Morgan fingerprint density at radius 2 is 1.88 bits per heavy atom. The van der Waals surface area contributed by atoms with E-state index < -0.39 is 0 Å². The van der Waals surface area contributed by atoms with Crippen molar-refractivity contribution < 1.29 is 14.3 Å². The Balaban J connectivity index is 1.70. The zero-order valence-electron chi connectivity index (χ0n) is 13.9. The molecule has 0 spiro atoms. The maximum absolute atomic E-state index is 13.0. The van der Waals surface area contributed by atoms with Crippen LogP contribution < -0.4 is 9.64 Å². The number of hydrogen-bond donors (Lipinski definition) is 0. The van der Waals surface area contributed by atoms with Gasteiger partial charge in [0.1, 0.15) is 5.75 Å². The molecule has 5 heteroatoms. The molecule has 0 radical (unpaired) electrons. The van der Waals surface area contributed by atoms with Gasteiger partial charge in [-0.3, -0.25) is 14.5 Å². The lowest BCUT2D eigenvalue weighted by Crippen LogP contribution is -2.41. The summed E-state index contributed by atoms with van der Waals surface area (Å²) < 4.78 is 7.49. The number of para-hydroxylation sites is 3. The Bertz CT molecular complexity index is 974. The third-order valence-electron chi connectivity index (χ3n) is 4.54. The Hall–Kier alpha value is -3.08. The number of aryl methyl sites for hydroxylation is 1. The molecule has 1 aromatic heterocycles. The highest BCUT2D eigenvalue weighted by atomic mass is 16.5. The van der Waals surface area contributed by atoms with Gasteiger partial charge in [-0.1, -0.05) is 30.3 Å². The van der Waals surface area contributed by atoms with Crippen LogP contribution in [0.2, 0.25) is 0 Å². The summed E-state index contributed by atoms with van der Waals surface area (Å²) in [7, 11) is 0. The number of carbonyl (C=O) groups is 2. The molecule has 0 fully saturated rings. The van der Waals surface area contributed by atoms with Crippen molar-refractivity contribution in [3.63, 3.8) is 0 Å². The minimum atomic E-state index is -0.203. The second-order valence-electron chi connectivity index (χ2n) is 6.01. The van der Waals surface area contributed by atoms with E-state index in [1.165, 1.54) is 4.90 Å². The smallest absolute Gasteiger partial charge is 0.265 e. The molecule has 2 heterocycles. The molecule has 0 saturated carbocycles. The lowest BCUT2D eigenvalue weighted by molar-refractivity contribution is -0.121. The molecule has 25 heavy (non-hydrogen) atoms. The van der Waals surface area contributed by atoms with E-state index in [4.69, 9.17) is 4.74 Å². The quantitative estimate of drug-likeness (QED) is 0.688. The van der Waals surface area contributed by atoms with Crippen molar-refractivity contribution in [3.8, 4) is 5.75 Å². The van der Waals surface area contributed by atoms with Crippen LogP contribution in [0.4, 0.5) is 5.69 Å². The molecule has 1 aliphatic heterocycles. The number of benzene rings is 2. The Morgan fingerprint density at radius 1 is 1.12 bits per heavy atom. The average molecular weight is 334 g/mol. The average Bonchev–Trinajstić information content (AvgIpc) is 3.03. The third kappa shape index (κ3) is 2.58. The van der Waals surface area contributed by atoms with Crippen molar-refractivity contribution >= 4 is 28.3 Å². The van der Waals surface area contributed by atoms with E-state index in [1.807, 2.05) is 55.6 Å². The Kier molecular flexibility index (Phi) is 3.76. The van der Waals surface area contributed by atoms with E-state index >= 15 is 0 Å². The summed E-state index contributed by atoms with van der Waals surface area (Å²) in [5, 5.41) is 0.920. The zero-order chi connectivity index (χ0) is 17.4. The molecule has 126 valence electrons. The predicted octanol–water partition coefficient (Wildman–Crippen LogP) is 3.27. The number of nitrogens with zero attached hydrogens (tertiary/aromatic N) is 2. The molecule has 0 aliphatic carbocycles. The highest BCUT2D eigenvalue weighted by Gasteiger charge is 2.28. The van der Waals surface area contributed by atoms with Gasteiger partial charge in [-0.15, -0.1) is 0 Å². The third-order valence-corrected chi connectivity index (χ3v) is 4.54. The molecule has 3 aromatic rings. The van der Waals surface area contributed by atoms with Gasteiger partial charge in [0, 0.05) is 29.2 Å². The number of aromatic nitrogens is 1. The van der Waals surface area contributed by atoms with Crippen LogP contribution in [0.5, 0.6) is 5.75 Å². The second kappa shape index (κ2) is 6.09. The molecule has 0 bridgehead atoms. The fourth-order valence-corrected chi connectivity index (χ4v) is 3.29. The standard InChI is InChI=1S/C20H18N2O3/c1-2-21-11-15(14-7-3-4-8-16(14)21)18(23)12-22-17-9-5-6-10-19(17)25-13-20(22)24/h3-11H,2,12-13H2,1H3. The molecule has 2 aromatic carbocycles. The van der Waals surface area contributed by atoms with Crippen LogP contribution in [0.25, 0.3) is 10.9 Å². The normalized spacial score (nSPS) is 13.6. The number of fused-ring (bicyclic) bond motifs is 2. The van der Waals surface area contributed by atoms with Gasteiger partial charge >= 0.3 is 0 Å². The maximum atomic E-state index is 13.0. The highest BCUT2D eigenvalue weighted by molar-refractivity contribution is 6.13. The summed E-state index contributed by atoms with van der Waals surface area (Å²) in [6.07, 6.45) is 1.88. The highest BCUT2D eigenvalue weighted by Crippen LogP contribution is 2.32. The molecule has 0 N–H and O–H groups in total. The zero-order valence-corrected chi connectivity index (χ0v) is 13.9. The fourth-order valence-electron chi connectivity index (χ4n) is 3.29. The van der Waals surface area contributed by atoms with Crippen LogP contribution in [0.1, 0.15) is 17.3 Å². The van der Waals surface area contributed by atoms with E-state index in [2.05, 4.69) is 4.57 Å². The molecule has 0 saturated heterocycles. The van der Waals surface area contributed by atoms with Gasteiger partial charge in [-0.2, -0.15) is 0 Å². The van der Waals surface area contributed by atoms with Gasteiger partial charge in [-0.05, 0) is 25.1 Å². The van der Waals surface area contributed by atoms with Gasteiger partial charge in [0.05, 0.1) is 12.2 Å². The monoisotopic (exact) mass is 334 g/mol. The molecule has 1 amide bonds. The summed E-state index contributed by atoms with van der Waals surface area (Å²) in [5.41, 5.74) is 2.32. The number of rotatable bonds is 4. The lowest BCUT2D eigenvalue weighted by Gasteiger charge is -2.28. The van der Waals surface area contributed by atoms with E-state index in [9.17, 15) is 9.59 Å². The molecule has 5 nitrogen and oxygen atoms in total. The number of amides is 1. The minimum Gasteiger partial charge on any atom is -0.482 e. The molecular formula is C20H18N2O3. The van der Waals surface area contributed by atoms with Crippen LogP contribution in [0.15, 0.2) is 54.7 Å². The van der Waals surface area contributed by atoms with Crippen LogP contribution in [-0.2, 0) is 11.3 Å². The van der Waals surface area contributed by atoms with Crippen LogP contribution in [0, 0.1) is 0 Å². The van der Waals surface area contributed by atoms with Gasteiger partial charge in [0.15, 0.2) is 12.4 Å². The SMILES string of the molecule is CCn1cc(C(=O)CN2C(=O)COc3ccccc32)c2ccccc21. The first kappa shape index (κ1) is 15.4. The van der Waals surface area contributed by atoms with Crippen LogP contribution in [-0.4, -0.2) is 29.4 Å². The van der Waals surface area contributed by atoms with E-state index in [0.717, 1.165) is 17.4 Å². The number of ether oxygens (including phenoxy) is 1. The number of Topliss-reactive ketones (excluding diaryl/α,β-unsaturated/α-hetero) is 1. The van der Waals surface area contributed by atoms with Gasteiger partial charge < -0.3 is 9.30 Å². The fraction of sp³-hybridized carbons (Fsp3) is 0.200. The van der Waals surface area contributed by atoms with Crippen molar-refractivity contribution in [1.29, 1.82) is 0 Å². The van der Waals surface area contributed by atoms with Gasteiger partial charge in [0.2, 0.25) is 0 Å². The first-order valence-corrected chi connectivity index (χ1v) is 8.32. The van der Waals surface area contributed by atoms with Crippen molar-refractivity contribution in [2.75, 3.05) is 18.1 Å². The first-order valence-electron chi connectivity index (χ1n) is 8.32. The maximum Gasteiger partial charge on any atom is 0.265 e. The number of hydrogen-bond acceptors (Lipinski definition) is 3. The molecule has 1 aliphatic rings. The van der Waals surface area contributed by atoms with Crippen molar-refractivity contribution in [2.45, 2.75) is 13.5 Å². The molecular weight excluding hydrogens is 316 g/mol. The number of carbonyl (C=O) groups excluding carboxylic acids is 2. The second-order valence-corrected chi connectivity index (χ2v) is 6.01. The Labute approximate surface area is 145 Å². The predicted molar refractivity (Wildman–Crippen MR) is 96.2 cm³/mol. The van der Waals surface area contributed by atoms with Crippen LogP contribution in [0.3, 0.4) is 0 Å². The van der Waals surface area contributed by atoms with Crippen molar-refractivity contribution in [2.24, 2.45) is 0 Å². The lowest BCUT2D eigenvalue weighted by atomic mass is 10.1. The summed E-state index contributed by atoms with van der Waals surface area (Å²) in [5.74, 6) is 0.352. The summed E-state index contributed by atoms with van der Waals surface area (Å²) in [6.45, 7) is 2.80. The van der Waals surface area contributed by atoms with Crippen LogP contribution >= 0.6 is 0 Å². The topological polar surface area (TPSA) is 51.5 Å². The summed E-state index contributed by atoms with van der Waals surface area (Å²) >= 11 is 0. The Morgan fingerprint density at radius 3 is 2.72 bits per heavy atom. The number of ketones is 1. The van der Waals surface area contributed by atoms with Gasteiger partial charge in [-0.25, -0.2) is 0 Å². The van der Waals surface area contributed by atoms with Gasteiger partial charge in [0.25, 0.3) is 5.91 Å². The largest absolute Gasteiger partial charge is 0.482 e. The summed E-state index contributed by atoms with van der Waals surface area (Å²) in [4.78, 5) is 26.8. The van der Waals surface area contributed by atoms with E-state index in [0.29, 0.717) is 17.0 Å². The molecule has 0 unspecified atom stereocenters. The van der Waals surface area contributed by atoms with Crippen molar-refractivity contribution in [3.05, 3.63) is 60.3 Å². The molecule has 4 rings (SSSR count). The van der Waals surface area contributed by atoms with Crippen molar-refractivity contribution in [1.82, 2.24) is 4.57 Å². The van der Waals surface area contributed by atoms with E-state index in [1.54, 1.807) is 6.07 Å². The minimum absolute atomic E-state index is 0.0108. The first-order chi connectivity index (χ1) is 12.2. The summed E-state index contributed by atoms with van der Waals surface area (Å²) in [6, 6.07) is 15.1. The number of anilines is 1. The molecule has 0 atom stereocenters. The van der Waals surface area contributed by atoms with E-state index in [-0.39, 0.29) is 24.8 Å².